The highest BCUT2D eigenvalue weighted by molar-refractivity contribution is 7.14. The van der Waals surface area contributed by atoms with E-state index < -0.39 is 16.4 Å². The molecule has 3 rings (SSSR count). The van der Waals surface area contributed by atoms with Gasteiger partial charge in [-0.05, 0) is 43.1 Å². The highest BCUT2D eigenvalue weighted by Gasteiger charge is 2.16. The Morgan fingerprint density at radius 2 is 2.04 bits per heavy atom. The number of aryl methyl sites for hydroxylation is 2. The summed E-state index contributed by atoms with van der Waals surface area (Å²) in [7, 11) is 0. The van der Waals surface area contributed by atoms with Crippen LogP contribution in [0.3, 0.4) is 0 Å². The molecule has 1 N–H and O–H groups in total. The lowest BCUT2D eigenvalue weighted by Crippen LogP contribution is -2.16. The van der Waals surface area contributed by atoms with Gasteiger partial charge in [-0.15, -0.1) is 11.3 Å². The molecule has 0 saturated heterocycles. The lowest BCUT2D eigenvalue weighted by atomic mass is 10.1. The van der Waals surface area contributed by atoms with Crippen LogP contribution in [-0.4, -0.2) is 17.0 Å². The van der Waals surface area contributed by atoms with Gasteiger partial charge in [0.2, 0.25) is 0 Å². The Labute approximate surface area is 148 Å². The molecule has 0 unspecified atom stereocenters. The van der Waals surface area contributed by atoms with E-state index in [1.54, 1.807) is 0 Å². The molecule has 8 heteroatoms. The van der Waals surface area contributed by atoms with Crippen molar-refractivity contribution < 1.29 is 14.8 Å². The van der Waals surface area contributed by atoms with E-state index in [1.165, 1.54) is 40.5 Å². The largest absolute Gasteiger partial charge is 0.868 e. The second kappa shape index (κ2) is 7.43. The van der Waals surface area contributed by atoms with Gasteiger partial charge < -0.3 is 5.11 Å². The maximum absolute atomic E-state index is 12.2. The Morgan fingerprint density at radius 1 is 1.24 bits per heavy atom. The zero-order chi connectivity index (χ0) is 17.8. The maximum atomic E-state index is 12.2. The quantitative estimate of drug-likeness (QED) is 0.392. The number of nitrogens with zero attached hydrogens (tertiary/aromatic N) is 2. The van der Waals surface area contributed by atoms with E-state index in [2.05, 4.69) is 10.5 Å². The Morgan fingerprint density at radius 3 is 2.84 bits per heavy atom. The van der Waals surface area contributed by atoms with Gasteiger partial charge in [0.1, 0.15) is 0 Å². The van der Waals surface area contributed by atoms with Gasteiger partial charge in [0.15, 0.2) is 0 Å². The van der Waals surface area contributed by atoms with Crippen molar-refractivity contribution in [3.8, 4) is 5.75 Å². The number of carbonyl (C=O) groups excluding carboxylic acids is 1. The summed E-state index contributed by atoms with van der Waals surface area (Å²) in [6.07, 6.45) is 6.83. The summed E-state index contributed by atoms with van der Waals surface area (Å²) >= 11 is 1.49. The number of hydrogen-bond acceptors (Lipinski definition) is 6. The highest BCUT2D eigenvalue weighted by Crippen LogP contribution is 2.29. The molecule has 0 saturated carbocycles. The van der Waals surface area contributed by atoms with Gasteiger partial charge in [-0.1, -0.05) is 18.6 Å². The fourth-order valence-electron chi connectivity index (χ4n) is 2.76. The minimum absolute atomic E-state index is 0.302. The number of benzene rings is 1. The zero-order valence-electron chi connectivity index (χ0n) is 13.4. The number of hydrogen-bond donors (Lipinski definition) is 1. The van der Waals surface area contributed by atoms with Gasteiger partial charge in [-0.2, -0.15) is 5.10 Å². The van der Waals surface area contributed by atoms with Gasteiger partial charge in [-0.25, -0.2) is 5.43 Å². The summed E-state index contributed by atoms with van der Waals surface area (Å²) in [5.74, 6) is -0.962. The summed E-state index contributed by atoms with van der Waals surface area (Å²) in [5.41, 5.74) is 3.53. The Kier molecular flexibility index (Phi) is 5.08. The van der Waals surface area contributed by atoms with Crippen LogP contribution in [-0.2, 0) is 12.8 Å². The molecular weight excluding hydrogens is 342 g/mol. The molecule has 1 aromatic heterocycles. The topological polar surface area (TPSA) is 108 Å². The Bertz CT molecular complexity index is 821. The van der Waals surface area contributed by atoms with Crippen LogP contribution < -0.4 is 10.5 Å². The molecule has 0 fully saturated rings. The number of nitro benzene ring substituents is 1. The molecule has 25 heavy (non-hydrogen) atoms. The van der Waals surface area contributed by atoms with Gasteiger partial charge in [0.25, 0.3) is 11.6 Å². The van der Waals surface area contributed by atoms with E-state index in [-0.39, 0.29) is 5.91 Å². The van der Waals surface area contributed by atoms with Crippen molar-refractivity contribution in [1.82, 2.24) is 5.43 Å². The van der Waals surface area contributed by atoms with E-state index >= 15 is 0 Å². The van der Waals surface area contributed by atoms with E-state index in [9.17, 15) is 20.0 Å². The van der Waals surface area contributed by atoms with Crippen molar-refractivity contribution in [2.45, 2.75) is 32.1 Å². The molecular formula is C17H16N3O4S-. The molecule has 1 aliphatic carbocycles. The van der Waals surface area contributed by atoms with Crippen molar-refractivity contribution in [2.24, 2.45) is 5.10 Å². The first-order valence-electron chi connectivity index (χ1n) is 7.95. The summed E-state index contributed by atoms with van der Waals surface area (Å²) in [6.45, 7) is 0. The third kappa shape index (κ3) is 4.03. The summed E-state index contributed by atoms with van der Waals surface area (Å²) in [5, 5.41) is 25.9. The van der Waals surface area contributed by atoms with Crippen LogP contribution in [0.1, 0.15) is 44.9 Å². The number of amides is 1. The lowest BCUT2D eigenvalue weighted by molar-refractivity contribution is -0.398. The van der Waals surface area contributed by atoms with Crippen molar-refractivity contribution in [3.05, 3.63) is 55.3 Å². The summed E-state index contributed by atoms with van der Waals surface area (Å²) in [4.78, 5) is 24.1. The molecule has 1 heterocycles. The number of thiophene rings is 1. The summed E-state index contributed by atoms with van der Waals surface area (Å²) < 4.78 is 0. The fourth-order valence-corrected chi connectivity index (χ4v) is 3.90. The number of rotatable bonds is 4. The first-order chi connectivity index (χ1) is 12.0. The van der Waals surface area contributed by atoms with Crippen LogP contribution in [0.5, 0.6) is 5.75 Å². The number of nitrogens with one attached hydrogen (secondary N) is 1. The molecule has 1 aliphatic rings. The lowest BCUT2D eigenvalue weighted by Gasteiger charge is -2.05. The third-order valence-corrected chi connectivity index (χ3v) is 5.27. The van der Waals surface area contributed by atoms with Gasteiger partial charge in [-0.3, -0.25) is 14.9 Å². The SMILES string of the molecule is O=C(N/N=C\c1ccc([O-])c([N+](=O)[O-])c1)c1cc2c(s1)CCCCC2. The molecule has 130 valence electrons. The first-order valence-corrected chi connectivity index (χ1v) is 8.76. The third-order valence-electron chi connectivity index (χ3n) is 4.03. The Balaban J connectivity index is 1.67. The minimum Gasteiger partial charge on any atom is -0.868 e. The number of nitro groups is 1. The molecule has 0 spiro atoms. The zero-order valence-corrected chi connectivity index (χ0v) is 14.2. The number of hydrazone groups is 1. The van der Waals surface area contributed by atoms with Crippen LogP contribution >= 0.6 is 11.3 Å². The monoisotopic (exact) mass is 358 g/mol. The van der Waals surface area contributed by atoms with Crippen molar-refractivity contribution >= 4 is 29.1 Å². The first kappa shape index (κ1) is 17.1. The predicted molar refractivity (Wildman–Crippen MR) is 93.2 cm³/mol. The van der Waals surface area contributed by atoms with Crippen LogP contribution in [0.4, 0.5) is 5.69 Å². The molecule has 1 amide bonds. The van der Waals surface area contributed by atoms with Crippen LogP contribution in [0.25, 0.3) is 0 Å². The number of fused-ring (bicyclic) bond motifs is 1. The molecule has 7 nitrogen and oxygen atoms in total. The second-order valence-corrected chi connectivity index (χ2v) is 6.94. The highest BCUT2D eigenvalue weighted by atomic mass is 32.1. The molecule has 1 aromatic carbocycles. The average molecular weight is 358 g/mol. The molecule has 2 aromatic rings. The molecule has 0 aliphatic heterocycles. The van der Waals surface area contributed by atoms with E-state index in [4.69, 9.17) is 0 Å². The second-order valence-electron chi connectivity index (χ2n) is 5.80. The normalized spacial score (nSPS) is 14.1. The molecule has 0 bridgehead atoms. The van der Waals surface area contributed by atoms with Gasteiger partial charge in [0, 0.05) is 16.5 Å². The standard InChI is InChI=1S/C17H17N3O4S/c21-14-7-6-11(8-13(14)20(23)24)10-18-19-17(22)16-9-12-4-2-1-3-5-15(12)25-16/h6-10,21H,1-5H2,(H,19,22)/p-1/b18-10-. The molecule has 0 atom stereocenters. The van der Waals surface area contributed by atoms with Crippen LogP contribution in [0, 0.1) is 10.1 Å². The minimum atomic E-state index is -0.739. The smallest absolute Gasteiger partial charge is 0.281 e. The summed E-state index contributed by atoms with van der Waals surface area (Å²) in [6, 6.07) is 5.58. The van der Waals surface area contributed by atoms with Gasteiger partial charge in [0.05, 0.1) is 16.0 Å². The predicted octanol–water partition coefficient (Wildman–Crippen LogP) is 2.76. The Hall–Kier alpha value is -2.74. The van der Waals surface area contributed by atoms with Gasteiger partial charge >= 0.3 is 0 Å². The maximum Gasteiger partial charge on any atom is 0.281 e. The van der Waals surface area contributed by atoms with E-state index in [0.717, 1.165) is 37.8 Å². The van der Waals surface area contributed by atoms with Crippen molar-refractivity contribution in [1.29, 1.82) is 0 Å². The van der Waals surface area contributed by atoms with E-state index in [0.29, 0.717) is 10.4 Å². The molecule has 0 radical (unpaired) electrons. The van der Waals surface area contributed by atoms with E-state index in [1.807, 2.05) is 6.07 Å². The van der Waals surface area contributed by atoms with Crippen molar-refractivity contribution in [3.63, 3.8) is 0 Å². The van der Waals surface area contributed by atoms with Crippen LogP contribution in [0.15, 0.2) is 29.4 Å². The van der Waals surface area contributed by atoms with Crippen molar-refractivity contribution in [2.75, 3.05) is 0 Å². The average Bonchev–Trinajstić information content (AvgIpc) is 2.87. The van der Waals surface area contributed by atoms with Crippen LogP contribution in [0.2, 0.25) is 0 Å². The fraction of sp³-hybridized carbons (Fsp3) is 0.294. The number of carbonyl (C=O) groups is 1.